The van der Waals surface area contributed by atoms with E-state index >= 15 is 0 Å². The summed E-state index contributed by atoms with van der Waals surface area (Å²) in [5.74, 6) is 0. The number of para-hydroxylation sites is 3. The van der Waals surface area contributed by atoms with Crippen molar-refractivity contribution >= 4 is 65.6 Å². The van der Waals surface area contributed by atoms with Gasteiger partial charge in [-0.1, -0.05) is 121 Å². The molecule has 8 aromatic carbocycles. The van der Waals surface area contributed by atoms with Gasteiger partial charge in [-0.3, -0.25) is 0 Å². The summed E-state index contributed by atoms with van der Waals surface area (Å²) in [6, 6.07) is 65.5. The van der Waals surface area contributed by atoms with Crippen molar-refractivity contribution in [2.45, 2.75) is 0 Å². The third kappa shape index (κ3) is 4.19. The summed E-state index contributed by atoms with van der Waals surface area (Å²) in [5, 5.41) is 7.23. The Bertz CT molecular complexity index is 3140. The Labute approximate surface area is 293 Å². The van der Waals surface area contributed by atoms with Gasteiger partial charge in [-0.15, -0.1) is 0 Å². The van der Waals surface area contributed by atoms with Crippen molar-refractivity contribution in [2.24, 2.45) is 0 Å². The van der Waals surface area contributed by atoms with Gasteiger partial charge in [-0.25, -0.2) is 0 Å². The van der Waals surface area contributed by atoms with Crippen LogP contribution in [0.15, 0.2) is 186 Å². The highest BCUT2D eigenvalue weighted by molar-refractivity contribution is 6.19. The van der Waals surface area contributed by atoms with Crippen LogP contribution in [-0.4, -0.2) is 9.13 Å². The normalized spacial score (nSPS) is 11.9. The average Bonchev–Trinajstić information content (AvgIpc) is 3.85. The number of fused-ring (bicyclic) bond motifs is 9. The van der Waals surface area contributed by atoms with Gasteiger partial charge in [0, 0.05) is 43.7 Å². The zero-order valence-corrected chi connectivity index (χ0v) is 27.6. The van der Waals surface area contributed by atoms with Gasteiger partial charge in [-0.2, -0.15) is 0 Å². The average molecular weight is 651 g/mol. The fraction of sp³-hybridized carbons (Fsp3) is 0. The van der Waals surface area contributed by atoms with Crippen LogP contribution in [0.25, 0.3) is 99.2 Å². The van der Waals surface area contributed by atoms with Crippen LogP contribution >= 0.6 is 0 Å². The fourth-order valence-electron chi connectivity index (χ4n) is 8.27. The van der Waals surface area contributed by atoms with Crippen LogP contribution in [0.1, 0.15) is 0 Å². The third-order valence-electron chi connectivity index (χ3n) is 10.5. The lowest BCUT2D eigenvalue weighted by atomic mass is 9.99. The van der Waals surface area contributed by atoms with Gasteiger partial charge in [0.15, 0.2) is 0 Å². The Morgan fingerprint density at radius 2 is 0.824 bits per heavy atom. The van der Waals surface area contributed by atoms with Crippen LogP contribution in [0.2, 0.25) is 0 Å². The number of hydrogen-bond acceptors (Lipinski definition) is 1. The molecule has 3 aromatic heterocycles. The smallest absolute Gasteiger partial charge is 0.136 e. The molecule has 3 nitrogen and oxygen atoms in total. The first-order valence-corrected chi connectivity index (χ1v) is 17.4. The molecule has 0 aliphatic rings. The molecule has 0 bridgehead atoms. The summed E-state index contributed by atoms with van der Waals surface area (Å²) in [5.41, 5.74) is 13.6. The summed E-state index contributed by atoms with van der Waals surface area (Å²) in [7, 11) is 0. The number of rotatable bonds is 4. The largest absolute Gasteiger partial charge is 0.456 e. The molecule has 0 N–H and O–H groups in total. The molecule has 0 saturated carbocycles. The Balaban J connectivity index is 1.17. The lowest BCUT2D eigenvalue weighted by molar-refractivity contribution is 0.669. The topological polar surface area (TPSA) is 23.0 Å². The molecule has 51 heavy (non-hydrogen) atoms. The second-order valence-corrected chi connectivity index (χ2v) is 13.3. The van der Waals surface area contributed by atoms with Crippen molar-refractivity contribution in [1.82, 2.24) is 9.13 Å². The minimum absolute atomic E-state index is 0.907. The van der Waals surface area contributed by atoms with Gasteiger partial charge in [-0.05, 0) is 82.9 Å². The molecule has 0 saturated heterocycles. The van der Waals surface area contributed by atoms with Gasteiger partial charge in [0.25, 0.3) is 0 Å². The first kappa shape index (κ1) is 28.0. The van der Waals surface area contributed by atoms with Crippen LogP contribution in [0, 0.1) is 0 Å². The molecule has 11 rings (SSSR count). The molecule has 0 unspecified atom stereocenters. The molecule has 238 valence electrons. The first-order chi connectivity index (χ1) is 25.3. The predicted octanol–water partition coefficient (Wildman–Crippen LogP) is 13.1. The van der Waals surface area contributed by atoms with Gasteiger partial charge in [0.2, 0.25) is 0 Å². The maximum absolute atomic E-state index is 6.26. The lowest BCUT2D eigenvalue weighted by Gasteiger charge is -2.12. The summed E-state index contributed by atoms with van der Waals surface area (Å²) in [6.07, 6.45) is 0. The van der Waals surface area contributed by atoms with Crippen molar-refractivity contribution in [3.8, 4) is 33.6 Å². The summed E-state index contributed by atoms with van der Waals surface area (Å²) >= 11 is 0. The van der Waals surface area contributed by atoms with Crippen LogP contribution in [-0.2, 0) is 0 Å². The van der Waals surface area contributed by atoms with E-state index in [1.165, 1.54) is 60.3 Å². The monoisotopic (exact) mass is 650 g/mol. The van der Waals surface area contributed by atoms with Crippen molar-refractivity contribution in [2.75, 3.05) is 0 Å². The van der Waals surface area contributed by atoms with Crippen molar-refractivity contribution in [3.05, 3.63) is 182 Å². The second kappa shape index (κ2) is 10.8. The SMILES string of the molecule is c1ccc(-c2cccc(-n3c4ccccc4c4cc5c(cc43)c3ccccc3n5-c3cccc(-c4cccc5oc6ccccc6c45)c3)c2)cc1. The number of aromatic nitrogens is 2. The minimum atomic E-state index is 0.907. The van der Waals surface area contributed by atoms with Crippen molar-refractivity contribution < 1.29 is 4.42 Å². The standard InChI is InChI=1S/C48H30N2O/c1-2-13-31(14-3-1)32-15-10-17-34(27-32)49-42-23-7-4-19-37(42)40-30-45-41(29-44(40)49)38-20-5-8-24-43(38)50(45)35-18-11-16-33(28-35)36-22-12-26-47-48(36)39-21-6-9-25-46(39)51-47/h1-30H. The van der Waals surface area contributed by atoms with E-state index in [0.717, 1.165) is 38.9 Å². The molecule has 3 heteroatoms. The van der Waals surface area contributed by atoms with Crippen molar-refractivity contribution in [3.63, 3.8) is 0 Å². The molecular formula is C48H30N2O. The highest BCUT2D eigenvalue weighted by atomic mass is 16.3. The van der Waals surface area contributed by atoms with Gasteiger partial charge < -0.3 is 13.6 Å². The maximum atomic E-state index is 6.26. The van der Waals surface area contributed by atoms with E-state index in [9.17, 15) is 0 Å². The zero-order chi connectivity index (χ0) is 33.5. The Kier molecular flexibility index (Phi) is 5.96. The van der Waals surface area contributed by atoms with Crippen molar-refractivity contribution in [1.29, 1.82) is 0 Å². The predicted molar refractivity (Wildman–Crippen MR) is 213 cm³/mol. The van der Waals surface area contributed by atoms with Crippen LogP contribution < -0.4 is 0 Å². The second-order valence-electron chi connectivity index (χ2n) is 13.3. The fourth-order valence-corrected chi connectivity index (χ4v) is 8.27. The maximum Gasteiger partial charge on any atom is 0.136 e. The Morgan fingerprint density at radius 1 is 0.314 bits per heavy atom. The molecule has 0 aliphatic carbocycles. The highest BCUT2D eigenvalue weighted by Gasteiger charge is 2.19. The minimum Gasteiger partial charge on any atom is -0.456 e. The van der Waals surface area contributed by atoms with E-state index in [1.807, 2.05) is 12.1 Å². The highest BCUT2D eigenvalue weighted by Crippen LogP contribution is 2.41. The van der Waals surface area contributed by atoms with Gasteiger partial charge in [0.05, 0.1) is 22.1 Å². The molecule has 0 fully saturated rings. The molecule has 0 amide bonds. The molecule has 0 aliphatic heterocycles. The van der Waals surface area contributed by atoms with Crippen LogP contribution in [0.3, 0.4) is 0 Å². The van der Waals surface area contributed by atoms with E-state index in [2.05, 4.69) is 179 Å². The van der Waals surface area contributed by atoms with Crippen LogP contribution in [0.4, 0.5) is 0 Å². The Hall–Kier alpha value is -6.84. The molecule has 11 aromatic rings. The van der Waals surface area contributed by atoms with Crippen LogP contribution in [0.5, 0.6) is 0 Å². The number of furan rings is 1. The van der Waals surface area contributed by atoms with E-state index in [0.29, 0.717) is 0 Å². The summed E-state index contributed by atoms with van der Waals surface area (Å²) < 4.78 is 11.1. The van der Waals surface area contributed by atoms with E-state index in [1.54, 1.807) is 0 Å². The number of nitrogens with zero attached hydrogens (tertiary/aromatic N) is 2. The zero-order valence-electron chi connectivity index (χ0n) is 27.6. The lowest BCUT2D eigenvalue weighted by Crippen LogP contribution is -1.95. The number of hydrogen-bond donors (Lipinski definition) is 0. The molecule has 0 radical (unpaired) electrons. The quantitative estimate of drug-likeness (QED) is 0.186. The molecule has 0 spiro atoms. The first-order valence-electron chi connectivity index (χ1n) is 17.4. The van der Waals surface area contributed by atoms with E-state index in [-0.39, 0.29) is 0 Å². The summed E-state index contributed by atoms with van der Waals surface area (Å²) in [4.78, 5) is 0. The van der Waals surface area contributed by atoms with Gasteiger partial charge >= 0.3 is 0 Å². The van der Waals surface area contributed by atoms with E-state index < -0.39 is 0 Å². The summed E-state index contributed by atoms with van der Waals surface area (Å²) in [6.45, 7) is 0. The Morgan fingerprint density at radius 3 is 1.51 bits per heavy atom. The van der Waals surface area contributed by atoms with E-state index in [4.69, 9.17) is 4.42 Å². The molecular weight excluding hydrogens is 621 g/mol. The molecule has 0 atom stereocenters. The van der Waals surface area contributed by atoms with Gasteiger partial charge in [0.1, 0.15) is 11.2 Å². The molecule has 3 heterocycles. The number of benzene rings is 8. The third-order valence-corrected chi connectivity index (χ3v) is 10.5.